The number of hydrogen-bond donors (Lipinski definition) is 0. The Balaban J connectivity index is 2.20. The molecule has 4 nitrogen and oxygen atoms in total. The van der Waals surface area contributed by atoms with Crippen molar-refractivity contribution in [1.29, 1.82) is 0 Å². The fraction of sp³-hybridized carbons (Fsp3) is 0.400. The summed E-state index contributed by atoms with van der Waals surface area (Å²) in [7, 11) is 0. The van der Waals surface area contributed by atoms with Crippen LogP contribution >= 0.6 is 0 Å². The monoisotopic (exact) mass is 194 g/mol. The Kier molecular flexibility index (Phi) is 2.11. The first kappa shape index (κ1) is 8.99. The lowest BCUT2D eigenvalue weighted by atomic mass is 9.93. The Morgan fingerprint density at radius 2 is 2.43 bits per heavy atom. The molecular formula is C10H10O4. The number of cyclic esters (lactones) is 1. The molecule has 0 aromatic heterocycles. The van der Waals surface area contributed by atoms with Crippen LogP contribution in [-0.4, -0.2) is 18.2 Å². The standard InChI is InChI=1S/C10H10O4/c1-6(11)13-10-8-5-3-2-4-7(8)9(12)14-10/h2-3,5,7,10H,4H2,1H3/t7?,10-/m0/s1. The van der Waals surface area contributed by atoms with Crippen molar-refractivity contribution in [2.45, 2.75) is 19.6 Å². The van der Waals surface area contributed by atoms with Crippen LogP contribution in [-0.2, 0) is 19.1 Å². The third kappa shape index (κ3) is 1.43. The molecule has 0 aromatic rings. The molecule has 0 aromatic carbocycles. The SMILES string of the molecule is CC(=O)O[C@H]1OC(=O)C2CC=CC=C21. The number of esters is 2. The fourth-order valence-corrected chi connectivity index (χ4v) is 1.62. The molecule has 0 N–H and O–H groups in total. The molecule has 0 radical (unpaired) electrons. The molecule has 0 saturated carbocycles. The van der Waals surface area contributed by atoms with Crippen LogP contribution in [0, 0.1) is 5.92 Å². The average Bonchev–Trinajstić information content (AvgIpc) is 2.44. The molecule has 1 aliphatic heterocycles. The highest BCUT2D eigenvalue weighted by Gasteiger charge is 2.41. The van der Waals surface area contributed by atoms with Gasteiger partial charge in [-0.05, 0) is 6.42 Å². The summed E-state index contributed by atoms with van der Waals surface area (Å²) in [5.41, 5.74) is 0.743. The van der Waals surface area contributed by atoms with E-state index < -0.39 is 12.3 Å². The Labute approximate surface area is 81.2 Å². The van der Waals surface area contributed by atoms with Crippen molar-refractivity contribution in [3.63, 3.8) is 0 Å². The molecule has 1 fully saturated rings. The Morgan fingerprint density at radius 3 is 3.14 bits per heavy atom. The highest BCUT2D eigenvalue weighted by Crippen LogP contribution is 2.33. The minimum atomic E-state index is -0.810. The van der Waals surface area contributed by atoms with Crippen LogP contribution in [0.15, 0.2) is 23.8 Å². The zero-order chi connectivity index (χ0) is 10.1. The van der Waals surface area contributed by atoms with Crippen molar-refractivity contribution in [2.24, 2.45) is 5.92 Å². The summed E-state index contributed by atoms with van der Waals surface area (Å²) < 4.78 is 9.80. The summed E-state index contributed by atoms with van der Waals surface area (Å²) in [6.07, 6.45) is 5.32. The van der Waals surface area contributed by atoms with Crippen molar-refractivity contribution >= 4 is 11.9 Å². The van der Waals surface area contributed by atoms with E-state index in [2.05, 4.69) is 0 Å². The van der Waals surface area contributed by atoms with E-state index in [-0.39, 0.29) is 11.9 Å². The minimum absolute atomic E-state index is 0.260. The second kappa shape index (κ2) is 3.29. The summed E-state index contributed by atoms with van der Waals surface area (Å²) in [4.78, 5) is 22.0. The number of hydrogen-bond acceptors (Lipinski definition) is 4. The van der Waals surface area contributed by atoms with Crippen LogP contribution in [0.1, 0.15) is 13.3 Å². The van der Waals surface area contributed by atoms with Gasteiger partial charge in [-0.2, -0.15) is 0 Å². The molecule has 2 rings (SSSR count). The molecule has 2 atom stereocenters. The summed E-state index contributed by atoms with van der Waals surface area (Å²) in [5, 5.41) is 0. The number of carbonyl (C=O) groups is 2. The van der Waals surface area contributed by atoms with E-state index in [9.17, 15) is 9.59 Å². The Bertz CT molecular complexity index is 338. The van der Waals surface area contributed by atoms with E-state index in [1.807, 2.05) is 12.2 Å². The second-order valence-corrected chi connectivity index (χ2v) is 3.26. The van der Waals surface area contributed by atoms with Crippen LogP contribution in [0.4, 0.5) is 0 Å². The zero-order valence-electron chi connectivity index (χ0n) is 7.73. The normalized spacial score (nSPS) is 29.2. The van der Waals surface area contributed by atoms with Gasteiger partial charge in [-0.3, -0.25) is 9.59 Å². The van der Waals surface area contributed by atoms with E-state index >= 15 is 0 Å². The van der Waals surface area contributed by atoms with Gasteiger partial charge in [0.25, 0.3) is 6.29 Å². The first-order chi connectivity index (χ1) is 6.68. The van der Waals surface area contributed by atoms with E-state index in [1.165, 1.54) is 6.92 Å². The van der Waals surface area contributed by atoms with Gasteiger partial charge in [0, 0.05) is 12.5 Å². The lowest BCUT2D eigenvalue weighted by Gasteiger charge is -2.12. The quantitative estimate of drug-likeness (QED) is 0.583. The Hall–Kier alpha value is -1.58. The van der Waals surface area contributed by atoms with Crippen LogP contribution in [0.5, 0.6) is 0 Å². The molecule has 1 unspecified atom stereocenters. The van der Waals surface area contributed by atoms with Crippen LogP contribution in [0.25, 0.3) is 0 Å². The van der Waals surface area contributed by atoms with E-state index in [1.54, 1.807) is 6.08 Å². The highest BCUT2D eigenvalue weighted by molar-refractivity contribution is 5.81. The largest absolute Gasteiger partial charge is 0.421 e. The molecule has 1 aliphatic carbocycles. The minimum Gasteiger partial charge on any atom is -0.421 e. The fourth-order valence-electron chi connectivity index (χ4n) is 1.62. The highest BCUT2D eigenvalue weighted by atomic mass is 16.7. The maximum absolute atomic E-state index is 11.3. The average molecular weight is 194 g/mol. The molecule has 1 saturated heterocycles. The maximum atomic E-state index is 11.3. The van der Waals surface area contributed by atoms with Crippen molar-refractivity contribution < 1.29 is 19.1 Å². The molecule has 4 heteroatoms. The lowest BCUT2D eigenvalue weighted by molar-refractivity contribution is -0.171. The number of allylic oxidation sites excluding steroid dienone is 3. The first-order valence-corrected chi connectivity index (χ1v) is 4.43. The van der Waals surface area contributed by atoms with E-state index in [4.69, 9.17) is 9.47 Å². The second-order valence-electron chi connectivity index (χ2n) is 3.26. The van der Waals surface area contributed by atoms with Gasteiger partial charge >= 0.3 is 11.9 Å². The van der Waals surface area contributed by atoms with Gasteiger partial charge in [-0.15, -0.1) is 0 Å². The predicted octanol–water partition coefficient (Wildman–Crippen LogP) is 0.935. The topological polar surface area (TPSA) is 52.6 Å². The van der Waals surface area contributed by atoms with Crippen molar-refractivity contribution in [3.8, 4) is 0 Å². The zero-order valence-corrected chi connectivity index (χ0v) is 7.73. The molecule has 0 bridgehead atoms. The molecule has 14 heavy (non-hydrogen) atoms. The van der Waals surface area contributed by atoms with Crippen molar-refractivity contribution in [1.82, 2.24) is 0 Å². The van der Waals surface area contributed by atoms with Gasteiger partial charge in [0.2, 0.25) is 0 Å². The van der Waals surface area contributed by atoms with Gasteiger partial charge in [0.05, 0.1) is 5.92 Å². The number of ether oxygens (including phenoxy) is 2. The molecule has 74 valence electrons. The van der Waals surface area contributed by atoms with Gasteiger partial charge < -0.3 is 9.47 Å². The third-order valence-corrected chi connectivity index (χ3v) is 2.25. The molecule has 0 amide bonds. The van der Waals surface area contributed by atoms with Gasteiger partial charge in [-0.1, -0.05) is 18.2 Å². The molecule has 2 aliphatic rings. The molecular weight excluding hydrogens is 184 g/mol. The molecule has 1 heterocycles. The lowest BCUT2D eigenvalue weighted by Crippen LogP contribution is -2.17. The number of rotatable bonds is 1. The molecule has 0 spiro atoms. The summed E-state index contributed by atoms with van der Waals surface area (Å²) in [5.74, 6) is -1.02. The maximum Gasteiger partial charge on any atom is 0.317 e. The summed E-state index contributed by atoms with van der Waals surface area (Å²) >= 11 is 0. The smallest absolute Gasteiger partial charge is 0.317 e. The summed E-state index contributed by atoms with van der Waals surface area (Å²) in [6.45, 7) is 1.29. The number of carbonyl (C=O) groups excluding carboxylic acids is 2. The van der Waals surface area contributed by atoms with E-state index in [0.717, 1.165) is 5.57 Å². The third-order valence-electron chi connectivity index (χ3n) is 2.25. The van der Waals surface area contributed by atoms with E-state index in [0.29, 0.717) is 6.42 Å². The van der Waals surface area contributed by atoms with Crippen LogP contribution in [0.2, 0.25) is 0 Å². The Morgan fingerprint density at radius 1 is 1.64 bits per heavy atom. The predicted molar refractivity (Wildman–Crippen MR) is 47.0 cm³/mol. The summed E-state index contributed by atoms with van der Waals surface area (Å²) in [6, 6.07) is 0. The van der Waals surface area contributed by atoms with Crippen molar-refractivity contribution in [3.05, 3.63) is 23.8 Å². The number of fused-ring (bicyclic) bond motifs is 1. The van der Waals surface area contributed by atoms with Gasteiger partial charge in [0.1, 0.15) is 0 Å². The van der Waals surface area contributed by atoms with Gasteiger partial charge in [0.15, 0.2) is 0 Å². The van der Waals surface area contributed by atoms with Gasteiger partial charge in [-0.25, -0.2) is 0 Å². The van der Waals surface area contributed by atoms with Crippen LogP contribution < -0.4 is 0 Å². The van der Waals surface area contributed by atoms with Crippen molar-refractivity contribution in [2.75, 3.05) is 0 Å². The van der Waals surface area contributed by atoms with Crippen LogP contribution in [0.3, 0.4) is 0 Å². The first-order valence-electron chi connectivity index (χ1n) is 4.43.